The van der Waals surface area contributed by atoms with Gasteiger partial charge in [0.2, 0.25) is 0 Å². The van der Waals surface area contributed by atoms with E-state index in [0.29, 0.717) is 0 Å². The Kier molecular flexibility index (Phi) is 5.66. The molecule has 0 aliphatic heterocycles. The van der Waals surface area contributed by atoms with Gasteiger partial charge in [0.25, 0.3) is 0 Å². The molecule has 2 heteroatoms. The first-order valence-corrected chi connectivity index (χ1v) is 9.26. The van der Waals surface area contributed by atoms with E-state index < -0.39 is 0 Å². The van der Waals surface area contributed by atoms with Crippen molar-refractivity contribution in [3.63, 3.8) is 0 Å². The number of rotatable bonds is 6. The van der Waals surface area contributed by atoms with Crippen LogP contribution in [0.4, 0.5) is 11.4 Å². The van der Waals surface area contributed by atoms with Crippen LogP contribution in [0.5, 0.6) is 0 Å². The van der Waals surface area contributed by atoms with Crippen molar-refractivity contribution in [1.29, 1.82) is 0 Å². The summed E-state index contributed by atoms with van der Waals surface area (Å²) in [6.07, 6.45) is 1.91. The predicted molar refractivity (Wildman–Crippen MR) is 119 cm³/mol. The molecule has 0 atom stereocenters. The molecule has 0 amide bonds. The summed E-state index contributed by atoms with van der Waals surface area (Å²) in [5.41, 5.74) is 7.43. The van der Waals surface area contributed by atoms with Crippen molar-refractivity contribution < 1.29 is 0 Å². The minimum atomic E-state index is 0.192. The van der Waals surface area contributed by atoms with Crippen LogP contribution in [-0.2, 0) is 0 Å². The summed E-state index contributed by atoms with van der Waals surface area (Å²) < 4.78 is 0. The van der Waals surface area contributed by atoms with Gasteiger partial charge in [-0.3, -0.25) is 0 Å². The molecule has 0 saturated heterocycles. The van der Waals surface area contributed by atoms with Gasteiger partial charge in [-0.05, 0) is 46.5 Å². The Morgan fingerprint density at radius 1 is 0.667 bits per heavy atom. The molecule has 0 spiro atoms. The summed E-state index contributed by atoms with van der Waals surface area (Å²) in [5.74, 6) is 0.192. The smallest absolute Gasteiger partial charge is 0.0361 e. The fourth-order valence-corrected chi connectivity index (χ4v) is 3.37. The largest absolute Gasteiger partial charge is 0.378 e. The molecule has 0 aliphatic rings. The molecule has 0 aromatic heterocycles. The Morgan fingerprint density at radius 3 is 1.56 bits per heavy atom. The third-order valence-corrected chi connectivity index (χ3v) is 4.97. The molecule has 0 heterocycles. The van der Waals surface area contributed by atoms with Crippen LogP contribution >= 0.6 is 0 Å². The normalized spacial score (nSPS) is 10.7. The third kappa shape index (κ3) is 4.22. The second kappa shape index (κ2) is 8.13. The van der Waals surface area contributed by atoms with Gasteiger partial charge in [-0.2, -0.15) is 0 Å². The minimum Gasteiger partial charge on any atom is -0.378 e. The molecule has 138 valence electrons. The number of hydrogen-bond acceptors (Lipinski definition) is 2. The number of hydrogen-bond donors (Lipinski definition) is 0. The second-order valence-electron chi connectivity index (χ2n) is 7.28. The number of anilines is 2. The molecular formula is C25H28N2. The molecule has 0 unspecified atom stereocenters. The third-order valence-electron chi connectivity index (χ3n) is 4.97. The molecule has 0 N–H and O–H groups in total. The van der Waals surface area contributed by atoms with Crippen molar-refractivity contribution >= 4 is 17.5 Å². The number of nitrogens with zero attached hydrogens (tertiary/aromatic N) is 2. The second-order valence-corrected chi connectivity index (χ2v) is 7.28. The van der Waals surface area contributed by atoms with Crippen LogP contribution in [0.15, 0.2) is 79.4 Å². The summed E-state index contributed by atoms with van der Waals surface area (Å²) in [4.78, 5) is 4.26. The van der Waals surface area contributed by atoms with Crippen molar-refractivity contribution in [3.8, 4) is 0 Å². The molecule has 3 rings (SSSR count). The van der Waals surface area contributed by atoms with E-state index in [4.69, 9.17) is 0 Å². The van der Waals surface area contributed by atoms with E-state index in [-0.39, 0.29) is 5.92 Å². The average Bonchev–Trinajstić information content (AvgIpc) is 2.69. The van der Waals surface area contributed by atoms with Crippen molar-refractivity contribution in [3.05, 3.63) is 102 Å². The lowest BCUT2D eigenvalue weighted by atomic mass is 9.84. The molecule has 0 fully saturated rings. The van der Waals surface area contributed by atoms with E-state index in [2.05, 4.69) is 117 Å². The maximum absolute atomic E-state index is 3.93. The molecule has 0 bridgehead atoms. The standard InChI is InChI=1S/C25H28N2/c1-6-19-8-7-9-22(18-19)25(20-10-14-23(15-11-20)26(2)3)21-12-16-24(17-13-21)27(4)5/h6-18,25H,1H2,2-5H3. The zero-order valence-corrected chi connectivity index (χ0v) is 16.7. The minimum absolute atomic E-state index is 0.192. The molecular weight excluding hydrogens is 328 g/mol. The van der Waals surface area contributed by atoms with Gasteiger partial charge in [0, 0.05) is 45.5 Å². The van der Waals surface area contributed by atoms with Gasteiger partial charge in [-0.25, -0.2) is 0 Å². The zero-order valence-electron chi connectivity index (χ0n) is 16.7. The molecule has 0 saturated carbocycles. The lowest BCUT2D eigenvalue weighted by Crippen LogP contribution is -2.10. The summed E-state index contributed by atoms with van der Waals surface area (Å²) in [5, 5.41) is 0. The maximum Gasteiger partial charge on any atom is 0.0361 e. The first-order chi connectivity index (χ1) is 13.0. The van der Waals surface area contributed by atoms with Crippen molar-refractivity contribution in [2.75, 3.05) is 38.0 Å². The molecule has 0 aliphatic carbocycles. The topological polar surface area (TPSA) is 6.48 Å². The van der Waals surface area contributed by atoms with Crippen molar-refractivity contribution in [1.82, 2.24) is 0 Å². The van der Waals surface area contributed by atoms with E-state index in [1.165, 1.54) is 28.1 Å². The van der Waals surface area contributed by atoms with Gasteiger partial charge in [-0.15, -0.1) is 0 Å². The van der Waals surface area contributed by atoms with Crippen molar-refractivity contribution in [2.45, 2.75) is 5.92 Å². The lowest BCUT2D eigenvalue weighted by molar-refractivity contribution is 0.972. The van der Waals surface area contributed by atoms with Crippen LogP contribution in [0.3, 0.4) is 0 Å². The predicted octanol–water partition coefficient (Wildman–Crippen LogP) is 5.64. The van der Waals surface area contributed by atoms with E-state index in [0.717, 1.165) is 5.56 Å². The summed E-state index contributed by atoms with van der Waals surface area (Å²) in [6, 6.07) is 26.3. The van der Waals surface area contributed by atoms with Crippen LogP contribution in [0.25, 0.3) is 6.08 Å². The monoisotopic (exact) mass is 356 g/mol. The average molecular weight is 357 g/mol. The maximum atomic E-state index is 3.93. The van der Waals surface area contributed by atoms with Crippen LogP contribution in [0.1, 0.15) is 28.2 Å². The Labute approximate surface area is 163 Å². The quantitative estimate of drug-likeness (QED) is 0.527. The number of benzene rings is 3. The summed E-state index contributed by atoms with van der Waals surface area (Å²) in [7, 11) is 8.28. The van der Waals surface area contributed by atoms with Gasteiger partial charge in [-0.1, -0.05) is 61.2 Å². The SMILES string of the molecule is C=Cc1cccc(C(c2ccc(N(C)C)cc2)c2ccc(N(C)C)cc2)c1. The highest BCUT2D eigenvalue weighted by molar-refractivity contribution is 5.55. The lowest BCUT2D eigenvalue weighted by Gasteiger charge is -2.22. The Hall–Kier alpha value is -3.00. The molecule has 0 radical (unpaired) electrons. The molecule has 27 heavy (non-hydrogen) atoms. The molecule has 2 nitrogen and oxygen atoms in total. The van der Waals surface area contributed by atoms with Gasteiger partial charge in [0.1, 0.15) is 0 Å². The van der Waals surface area contributed by atoms with Crippen molar-refractivity contribution in [2.24, 2.45) is 0 Å². The first kappa shape index (κ1) is 18.8. The van der Waals surface area contributed by atoms with Gasteiger partial charge >= 0.3 is 0 Å². The Balaban J connectivity index is 2.09. The molecule has 3 aromatic carbocycles. The van der Waals surface area contributed by atoms with Crippen LogP contribution in [0, 0.1) is 0 Å². The highest BCUT2D eigenvalue weighted by Crippen LogP contribution is 2.34. The van der Waals surface area contributed by atoms with E-state index >= 15 is 0 Å². The van der Waals surface area contributed by atoms with Gasteiger partial charge in [0.05, 0.1) is 0 Å². The fraction of sp³-hybridized carbons (Fsp3) is 0.200. The van der Waals surface area contributed by atoms with Crippen LogP contribution in [-0.4, -0.2) is 28.2 Å². The first-order valence-electron chi connectivity index (χ1n) is 9.26. The van der Waals surface area contributed by atoms with Gasteiger partial charge < -0.3 is 9.80 Å². The zero-order chi connectivity index (χ0) is 19.4. The summed E-state index contributed by atoms with van der Waals surface area (Å²) >= 11 is 0. The highest BCUT2D eigenvalue weighted by Gasteiger charge is 2.17. The van der Waals surface area contributed by atoms with E-state index in [1.807, 2.05) is 6.08 Å². The van der Waals surface area contributed by atoms with E-state index in [1.54, 1.807) is 0 Å². The van der Waals surface area contributed by atoms with Crippen LogP contribution in [0.2, 0.25) is 0 Å². The van der Waals surface area contributed by atoms with Gasteiger partial charge in [0.15, 0.2) is 0 Å². The summed E-state index contributed by atoms with van der Waals surface area (Å²) in [6.45, 7) is 3.93. The molecule has 3 aromatic rings. The Morgan fingerprint density at radius 2 is 1.15 bits per heavy atom. The van der Waals surface area contributed by atoms with Crippen LogP contribution < -0.4 is 9.80 Å². The highest BCUT2D eigenvalue weighted by atomic mass is 15.1. The Bertz CT molecular complexity index is 839. The van der Waals surface area contributed by atoms with E-state index in [9.17, 15) is 0 Å². The fourth-order valence-electron chi connectivity index (χ4n) is 3.37.